The molecule has 0 spiro atoms. The predicted octanol–water partition coefficient (Wildman–Crippen LogP) is 2.74. The normalized spacial score (nSPS) is 15.5. The molecule has 2 N–H and O–H groups in total. The lowest BCUT2D eigenvalue weighted by atomic mass is 9.88. The van der Waals surface area contributed by atoms with E-state index < -0.39 is 17.5 Å². The van der Waals surface area contributed by atoms with Gasteiger partial charge < -0.3 is 10.2 Å². The number of carboxylic acids is 1. The van der Waals surface area contributed by atoms with E-state index in [1.54, 1.807) is 12.1 Å². The van der Waals surface area contributed by atoms with Gasteiger partial charge in [-0.25, -0.2) is 4.79 Å². The molecule has 5 heteroatoms. The molecule has 1 aromatic rings. The zero-order valence-corrected chi connectivity index (χ0v) is 10.4. The molecule has 100 valence electrons. The van der Waals surface area contributed by atoms with E-state index in [9.17, 15) is 18.7 Å². The minimum absolute atomic E-state index is 0.126. The number of hydrogen-bond donors (Lipinski definition) is 2. The van der Waals surface area contributed by atoms with Crippen LogP contribution >= 0.6 is 0 Å². The number of rotatable bonds is 4. The molecule has 0 amide bonds. The lowest BCUT2D eigenvalue weighted by Gasteiger charge is -2.30. The number of carbonyl (C=O) groups is 1. The van der Waals surface area contributed by atoms with Crippen molar-refractivity contribution < 1.29 is 23.8 Å². The summed E-state index contributed by atoms with van der Waals surface area (Å²) in [5.41, 5.74) is -1.94. The summed E-state index contributed by atoms with van der Waals surface area (Å²) < 4.78 is 26.8. The molecule has 1 atom stereocenters. The second-order valence-corrected chi connectivity index (χ2v) is 4.73. The van der Waals surface area contributed by atoms with Gasteiger partial charge >= 0.3 is 11.9 Å². The summed E-state index contributed by atoms with van der Waals surface area (Å²) in [5.74, 6) is -6.36. The molecule has 0 aliphatic rings. The van der Waals surface area contributed by atoms with Crippen LogP contribution in [0.3, 0.4) is 0 Å². The summed E-state index contributed by atoms with van der Waals surface area (Å²) in [6, 6.07) is 5.86. The van der Waals surface area contributed by atoms with E-state index in [-0.39, 0.29) is 11.5 Å². The van der Waals surface area contributed by atoms with Crippen molar-refractivity contribution in [1.82, 2.24) is 0 Å². The lowest BCUT2D eigenvalue weighted by molar-refractivity contribution is -0.207. The van der Waals surface area contributed by atoms with Gasteiger partial charge in [0.05, 0.1) is 0 Å². The van der Waals surface area contributed by atoms with Crippen molar-refractivity contribution in [3.8, 4) is 0 Å². The van der Waals surface area contributed by atoms with Crippen LogP contribution in [0.1, 0.15) is 37.8 Å². The van der Waals surface area contributed by atoms with E-state index in [4.69, 9.17) is 5.11 Å². The summed E-state index contributed by atoms with van der Waals surface area (Å²) in [6.45, 7) is 4.68. The Morgan fingerprint density at radius 2 is 1.67 bits per heavy atom. The maximum Gasteiger partial charge on any atom is 0.378 e. The van der Waals surface area contributed by atoms with E-state index >= 15 is 0 Å². The van der Waals surface area contributed by atoms with Gasteiger partial charge in [-0.2, -0.15) is 8.78 Å². The van der Waals surface area contributed by atoms with Gasteiger partial charge in [0.1, 0.15) is 0 Å². The van der Waals surface area contributed by atoms with Gasteiger partial charge in [-0.15, -0.1) is 0 Å². The fourth-order valence-corrected chi connectivity index (χ4v) is 1.58. The van der Waals surface area contributed by atoms with E-state index in [1.165, 1.54) is 12.1 Å². The monoisotopic (exact) mass is 258 g/mol. The average Bonchev–Trinajstić information content (AvgIpc) is 2.28. The average molecular weight is 258 g/mol. The molecule has 0 fully saturated rings. The van der Waals surface area contributed by atoms with Crippen molar-refractivity contribution in [3.05, 3.63) is 35.4 Å². The number of hydrogen-bond acceptors (Lipinski definition) is 2. The number of carboxylic acid groups (broad SMARTS) is 1. The van der Waals surface area contributed by atoms with E-state index in [1.807, 2.05) is 13.8 Å². The maximum atomic E-state index is 13.4. The number of aliphatic carboxylic acids is 1. The second kappa shape index (κ2) is 4.65. The molecule has 0 aliphatic carbocycles. The summed E-state index contributed by atoms with van der Waals surface area (Å²) in [4.78, 5) is 10.5. The first kappa shape index (κ1) is 14.6. The Morgan fingerprint density at radius 1 is 1.22 bits per heavy atom. The Kier molecular flexibility index (Phi) is 3.76. The Balaban J connectivity index is 3.17. The summed E-state index contributed by atoms with van der Waals surface area (Å²) in [5, 5.41) is 18.3. The van der Waals surface area contributed by atoms with Crippen LogP contribution in [0.5, 0.6) is 0 Å². The Morgan fingerprint density at radius 3 is 2.00 bits per heavy atom. The van der Waals surface area contributed by atoms with Gasteiger partial charge in [0.25, 0.3) is 0 Å². The van der Waals surface area contributed by atoms with Crippen molar-refractivity contribution in [2.24, 2.45) is 0 Å². The highest BCUT2D eigenvalue weighted by Gasteiger charge is 2.56. The number of halogens is 2. The van der Waals surface area contributed by atoms with Crippen LogP contribution in [-0.2, 0) is 10.4 Å². The predicted molar refractivity (Wildman–Crippen MR) is 62.7 cm³/mol. The van der Waals surface area contributed by atoms with Gasteiger partial charge in [0.15, 0.2) is 5.60 Å². The first-order valence-corrected chi connectivity index (χ1v) is 5.54. The molecule has 1 rings (SSSR count). The third-order valence-corrected chi connectivity index (χ3v) is 3.02. The summed E-state index contributed by atoms with van der Waals surface area (Å²) in [7, 11) is 0. The molecule has 0 saturated carbocycles. The standard InChI is InChI=1S/C13H16F2O3/c1-8(2)9-4-6-10(7-5-9)12(3,18)13(14,15)11(16)17/h4-8,18H,1-3H3,(H,16,17). The molecule has 0 aromatic heterocycles. The fraction of sp³-hybridized carbons (Fsp3) is 0.462. The molecular formula is C13H16F2O3. The highest BCUT2D eigenvalue weighted by molar-refractivity contribution is 5.77. The zero-order valence-electron chi connectivity index (χ0n) is 10.4. The molecule has 0 heterocycles. The third kappa shape index (κ3) is 2.36. The minimum atomic E-state index is -4.24. The van der Waals surface area contributed by atoms with Crippen molar-refractivity contribution in [2.75, 3.05) is 0 Å². The maximum absolute atomic E-state index is 13.4. The van der Waals surface area contributed by atoms with E-state index in [0.29, 0.717) is 0 Å². The molecular weight excluding hydrogens is 242 g/mol. The van der Waals surface area contributed by atoms with Gasteiger partial charge in [-0.05, 0) is 24.0 Å². The molecule has 0 saturated heterocycles. The molecule has 3 nitrogen and oxygen atoms in total. The lowest BCUT2D eigenvalue weighted by Crippen LogP contribution is -2.48. The Hall–Kier alpha value is -1.49. The van der Waals surface area contributed by atoms with Crippen molar-refractivity contribution >= 4 is 5.97 Å². The number of benzene rings is 1. The minimum Gasteiger partial charge on any atom is -0.477 e. The second-order valence-electron chi connectivity index (χ2n) is 4.73. The van der Waals surface area contributed by atoms with E-state index in [2.05, 4.69) is 0 Å². The van der Waals surface area contributed by atoms with Gasteiger partial charge in [-0.3, -0.25) is 0 Å². The SMILES string of the molecule is CC(C)c1ccc(C(C)(O)C(F)(F)C(=O)O)cc1. The fourth-order valence-electron chi connectivity index (χ4n) is 1.58. The topological polar surface area (TPSA) is 57.5 Å². The van der Waals surface area contributed by atoms with E-state index in [0.717, 1.165) is 12.5 Å². The van der Waals surface area contributed by atoms with Crippen LogP contribution in [-0.4, -0.2) is 22.1 Å². The van der Waals surface area contributed by atoms with Crippen LogP contribution in [0.4, 0.5) is 8.78 Å². The molecule has 18 heavy (non-hydrogen) atoms. The van der Waals surface area contributed by atoms with Crippen molar-refractivity contribution in [3.63, 3.8) is 0 Å². The van der Waals surface area contributed by atoms with Crippen LogP contribution < -0.4 is 0 Å². The first-order valence-electron chi connectivity index (χ1n) is 5.54. The third-order valence-electron chi connectivity index (χ3n) is 3.02. The van der Waals surface area contributed by atoms with Gasteiger partial charge in [-0.1, -0.05) is 38.1 Å². The van der Waals surface area contributed by atoms with Gasteiger partial charge in [0, 0.05) is 0 Å². The van der Waals surface area contributed by atoms with Crippen molar-refractivity contribution in [1.29, 1.82) is 0 Å². The van der Waals surface area contributed by atoms with Crippen LogP contribution in [0, 0.1) is 0 Å². The molecule has 0 aliphatic heterocycles. The Bertz CT molecular complexity index is 436. The molecule has 1 unspecified atom stereocenters. The largest absolute Gasteiger partial charge is 0.477 e. The summed E-state index contributed by atoms with van der Waals surface area (Å²) >= 11 is 0. The highest BCUT2D eigenvalue weighted by atomic mass is 19.3. The van der Waals surface area contributed by atoms with Gasteiger partial charge in [0.2, 0.25) is 0 Å². The van der Waals surface area contributed by atoms with Crippen LogP contribution in [0.25, 0.3) is 0 Å². The Labute approximate surface area is 104 Å². The smallest absolute Gasteiger partial charge is 0.378 e. The van der Waals surface area contributed by atoms with Crippen LogP contribution in [0.2, 0.25) is 0 Å². The molecule has 0 bridgehead atoms. The molecule has 0 radical (unpaired) electrons. The quantitative estimate of drug-likeness (QED) is 0.873. The number of alkyl halides is 2. The highest BCUT2D eigenvalue weighted by Crippen LogP contribution is 2.37. The summed E-state index contributed by atoms with van der Waals surface area (Å²) in [6.07, 6.45) is 0. The first-order chi connectivity index (χ1) is 8.10. The van der Waals surface area contributed by atoms with Crippen molar-refractivity contribution in [2.45, 2.75) is 38.2 Å². The van der Waals surface area contributed by atoms with Crippen LogP contribution in [0.15, 0.2) is 24.3 Å². The molecule has 1 aromatic carbocycles. The zero-order chi connectivity index (χ0) is 14.1. The number of aliphatic hydroxyl groups is 1.